The number of nitrogens with zero attached hydrogens (tertiary/aromatic N) is 4. The predicted molar refractivity (Wildman–Crippen MR) is 62.0 cm³/mol. The Morgan fingerprint density at radius 1 is 1.47 bits per heavy atom. The van der Waals surface area contributed by atoms with E-state index in [0.717, 1.165) is 13.1 Å². The molecule has 0 radical (unpaired) electrons. The fourth-order valence-electron chi connectivity index (χ4n) is 1.53. The number of oxazole rings is 1. The van der Waals surface area contributed by atoms with Crippen LogP contribution in [-0.2, 0) is 0 Å². The van der Waals surface area contributed by atoms with E-state index in [1.54, 1.807) is 0 Å². The molecule has 0 aliphatic rings. The van der Waals surface area contributed by atoms with E-state index in [4.69, 9.17) is 4.42 Å². The molecule has 90 valence electrons. The van der Waals surface area contributed by atoms with Gasteiger partial charge < -0.3 is 9.32 Å². The third-order valence-corrected chi connectivity index (χ3v) is 2.47. The van der Waals surface area contributed by atoms with E-state index in [1.807, 2.05) is 18.7 Å². The van der Waals surface area contributed by atoms with Crippen molar-refractivity contribution >= 4 is 22.9 Å². The van der Waals surface area contributed by atoms with Crippen LogP contribution in [0.25, 0.3) is 11.2 Å². The summed E-state index contributed by atoms with van der Waals surface area (Å²) in [4.78, 5) is 20.1. The SMILES string of the molecule is CCN(CC)c1nc2ncc([N+](=O)[O-])cc2o1. The smallest absolute Gasteiger partial charge is 0.299 e. The van der Waals surface area contributed by atoms with Crippen molar-refractivity contribution in [3.05, 3.63) is 22.4 Å². The van der Waals surface area contributed by atoms with Gasteiger partial charge in [0.1, 0.15) is 6.20 Å². The molecule has 2 rings (SSSR count). The Balaban J connectivity index is 2.46. The van der Waals surface area contributed by atoms with Crippen molar-refractivity contribution in [2.45, 2.75) is 13.8 Å². The number of hydrogen-bond donors (Lipinski definition) is 0. The van der Waals surface area contributed by atoms with Gasteiger partial charge in [0, 0.05) is 13.1 Å². The van der Waals surface area contributed by atoms with Gasteiger partial charge in [0.05, 0.1) is 11.0 Å². The first-order chi connectivity index (χ1) is 8.15. The summed E-state index contributed by atoms with van der Waals surface area (Å²) >= 11 is 0. The fraction of sp³-hybridized carbons (Fsp3) is 0.400. The number of aromatic nitrogens is 2. The molecule has 0 saturated heterocycles. The molecule has 7 nitrogen and oxygen atoms in total. The molecule has 0 aliphatic carbocycles. The van der Waals surface area contributed by atoms with E-state index in [9.17, 15) is 10.1 Å². The first-order valence-electron chi connectivity index (χ1n) is 5.31. The Hall–Kier alpha value is -2.18. The molecule has 2 aromatic heterocycles. The van der Waals surface area contributed by atoms with E-state index in [0.29, 0.717) is 17.2 Å². The average molecular weight is 236 g/mol. The highest BCUT2D eigenvalue weighted by atomic mass is 16.6. The van der Waals surface area contributed by atoms with Crippen LogP contribution < -0.4 is 4.90 Å². The van der Waals surface area contributed by atoms with E-state index >= 15 is 0 Å². The second kappa shape index (κ2) is 4.36. The van der Waals surface area contributed by atoms with Gasteiger partial charge >= 0.3 is 0 Å². The second-order valence-corrected chi connectivity index (χ2v) is 3.44. The van der Waals surface area contributed by atoms with Crippen molar-refractivity contribution in [1.29, 1.82) is 0 Å². The first kappa shape index (κ1) is 11.3. The van der Waals surface area contributed by atoms with Gasteiger partial charge in [-0.3, -0.25) is 10.1 Å². The Morgan fingerprint density at radius 2 is 2.18 bits per heavy atom. The number of pyridine rings is 1. The van der Waals surface area contributed by atoms with Gasteiger partial charge in [0.15, 0.2) is 5.58 Å². The maximum Gasteiger partial charge on any atom is 0.299 e. The lowest BCUT2D eigenvalue weighted by Gasteiger charge is -2.14. The normalized spacial score (nSPS) is 10.7. The third kappa shape index (κ3) is 2.03. The van der Waals surface area contributed by atoms with Crippen molar-refractivity contribution < 1.29 is 9.34 Å². The molecule has 7 heteroatoms. The molecule has 0 amide bonds. The van der Waals surface area contributed by atoms with Crippen molar-refractivity contribution in [3.63, 3.8) is 0 Å². The summed E-state index contributed by atoms with van der Waals surface area (Å²) in [5.41, 5.74) is 0.623. The van der Waals surface area contributed by atoms with Crippen molar-refractivity contribution in [2.75, 3.05) is 18.0 Å². The van der Waals surface area contributed by atoms with Crippen LogP contribution in [0.5, 0.6) is 0 Å². The minimum absolute atomic E-state index is 0.0975. The molecule has 0 fully saturated rings. The zero-order valence-electron chi connectivity index (χ0n) is 9.58. The monoisotopic (exact) mass is 236 g/mol. The van der Waals surface area contributed by atoms with Crippen LogP contribution in [-0.4, -0.2) is 28.0 Å². The van der Waals surface area contributed by atoms with E-state index in [-0.39, 0.29) is 5.69 Å². The fourth-order valence-corrected chi connectivity index (χ4v) is 1.53. The maximum atomic E-state index is 10.6. The predicted octanol–water partition coefficient (Wildman–Crippen LogP) is 1.98. The van der Waals surface area contributed by atoms with Gasteiger partial charge in [0.25, 0.3) is 11.7 Å². The molecule has 17 heavy (non-hydrogen) atoms. The minimum atomic E-state index is -0.508. The van der Waals surface area contributed by atoms with Crippen LogP contribution in [0.3, 0.4) is 0 Å². The summed E-state index contributed by atoms with van der Waals surface area (Å²) in [7, 11) is 0. The van der Waals surface area contributed by atoms with Gasteiger partial charge in [-0.15, -0.1) is 0 Å². The second-order valence-electron chi connectivity index (χ2n) is 3.44. The van der Waals surface area contributed by atoms with Crippen LogP contribution in [0.1, 0.15) is 13.8 Å². The van der Waals surface area contributed by atoms with Crippen LogP contribution >= 0.6 is 0 Å². The third-order valence-electron chi connectivity index (χ3n) is 2.47. The van der Waals surface area contributed by atoms with Crippen molar-refractivity contribution in [3.8, 4) is 0 Å². The van der Waals surface area contributed by atoms with E-state index < -0.39 is 4.92 Å². The number of rotatable bonds is 4. The molecule has 2 aromatic rings. The Morgan fingerprint density at radius 3 is 2.76 bits per heavy atom. The van der Waals surface area contributed by atoms with Crippen LogP contribution in [0, 0.1) is 10.1 Å². The number of hydrogen-bond acceptors (Lipinski definition) is 6. The van der Waals surface area contributed by atoms with Gasteiger partial charge in [-0.25, -0.2) is 4.98 Å². The summed E-state index contributed by atoms with van der Waals surface area (Å²) in [5.74, 6) is 0. The van der Waals surface area contributed by atoms with Crippen LogP contribution in [0.2, 0.25) is 0 Å². The summed E-state index contributed by atoms with van der Waals surface area (Å²) in [5, 5.41) is 10.6. The van der Waals surface area contributed by atoms with Gasteiger partial charge in [-0.2, -0.15) is 4.98 Å². The highest BCUT2D eigenvalue weighted by Gasteiger charge is 2.15. The lowest BCUT2D eigenvalue weighted by Crippen LogP contribution is -2.21. The summed E-state index contributed by atoms with van der Waals surface area (Å²) < 4.78 is 5.45. The summed E-state index contributed by atoms with van der Waals surface area (Å²) in [6, 6.07) is 1.78. The standard InChI is InChI=1S/C10H12N4O3/c1-3-13(4-2)10-12-9-8(17-10)5-7(6-11-9)14(15)16/h5-6H,3-4H2,1-2H3. The first-order valence-corrected chi connectivity index (χ1v) is 5.31. The minimum Gasteiger partial charge on any atom is -0.421 e. The largest absolute Gasteiger partial charge is 0.421 e. The lowest BCUT2D eigenvalue weighted by atomic mass is 10.4. The zero-order chi connectivity index (χ0) is 12.4. The Labute approximate surface area is 97.2 Å². The van der Waals surface area contributed by atoms with Gasteiger partial charge in [-0.05, 0) is 13.8 Å². The van der Waals surface area contributed by atoms with Crippen molar-refractivity contribution in [1.82, 2.24) is 9.97 Å². The lowest BCUT2D eigenvalue weighted by molar-refractivity contribution is -0.385. The molecule has 0 unspecified atom stereocenters. The Kier molecular flexibility index (Phi) is 2.90. The van der Waals surface area contributed by atoms with Gasteiger partial charge in [0.2, 0.25) is 5.65 Å². The van der Waals surface area contributed by atoms with E-state index in [2.05, 4.69) is 9.97 Å². The average Bonchev–Trinajstić information content (AvgIpc) is 2.72. The summed E-state index contributed by atoms with van der Waals surface area (Å²) in [6.07, 6.45) is 1.18. The highest BCUT2D eigenvalue weighted by molar-refractivity contribution is 5.72. The topological polar surface area (TPSA) is 85.3 Å². The number of anilines is 1. The summed E-state index contributed by atoms with van der Waals surface area (Å²) in [6.45, 7) is 5.47. The molecular formula is C10H12N4O3. The quantitative estimate of drug-likeness (QED) is 0.596. The molecule has 0 N–H and O–H groups in total. The highest BCUT2D eigenvalue weighted by Crippen LogP contribution is 2.23. The van der Waals surface area contributed by atoms with Gasteiger partial charge in [-0.1, -0.05) is 0 Å². The van der Waals surface area contributed by atoms with Crippen molar-refractivity contribution in [2.24, 2.45) is 0 Å². The maximum absolute atomic E-state index is 10.6. The number of fused-ring (bicyclic) bond motifs is 1. The molecule has 0 saturated carbocycles. The molecular weight excluding hydrogens is 224 g/mol. The molecule has 0 aromatic carbocycles. The molecule has 2 heterocycles. The zero-order valence-corrected chi connectivity index (χ0v) is 9.58. The Bertz CT molecular complexity index is 547. The van der Waals surface area contributed by atoms with Crippen LogP contribution in [0.15, 0.2) is 16.7 Å². The molecule has 0 aliphatic heterocycles. The molecule has 0 bridgehead atoms. The van der Waals surface area contributed by atoms with Crippen LogP contribution in [0.4, 0.5) is 11.7 Å². The van der Waals surface area contributed by atoms with E-state index in [1.165, 1.54) is 12.3 Å². The molecule has 0 atom stereocenters. The molecule has 0 spiro atoms. The number of nitro groups is 1.